The van der Waals surface area contributed by atoms with E-state index in [1.165, 1.54) is 31.2 Å². The van der Waals surface area contributed by atoms with Gasteiger partial charge in [-0.1, -0.05) is 24.6 Å². The van der Waals surface area contributed by atoms with Crippen LogP contribution in [0.5, 0.6) is 0 Å². The molecule has 166 valence electrons. The Kier molecular flexibility index (Phi) is 5.38. The van der Waals surface area contributed by atoms with Crippen molar-refractivity contribution >= 4 is 33.7 Å². The SMILES string of the molecule is Cc1cccc2cc(Cn3cnc4c(N)ncnc43)c(N(C)CC3CCCCN3C)nc12. The topological polar surface area (TPSA) is 89.0 Å². The Labute approximate surface area is 188 Å². The first-order chi connectivity index (χ1) is 15.5. The van der Waals surface area contributed by atoms with E-state index in [1.54, 1.807) is 6.33 Å². The van der Waals surface area contributed by atoms with Crippen LogP contribution in [0.15, 0.2) is 36.9 Å². The minimum Gasteiger partial charge on any atom is -0.382 e. The van der Waals surface area contributed by atoms with E-state index in [1.807, 2.05) is 4.57 Å². The normalized spacial score (nSPS) is 17.3. The third-order valence-corrected chi connectivity index (χ3v) is 6.64. The molecule has 32 heavy (non-hydrogen) atoms. The summed E-state index contributed by atoms with van der Waals surface area (Å²) in [7, 11) is 4.39. The van der Waals surface area contributed by atoms with Crippen LogP contribution in [0.4, 0.5) is 11.6 Å². The molecule has 1 fully saturated rings. The number of nitrogen functional groups attached to an aromatic ring is 1. The van der Waals surface area contributed by atoms with Crippen molar-refractivity contribution in [2.24, 2.45) is 0 Å². The van der Waals surface area contributed by atoms with E-state index in [4.69, 9.17) is 10.7 Å². The number of piperidine rings is 1. The summed E-state index contributed by atoms with van der Waals surface area (Å²) in [5, 5.41) is 1.14. The lowest BCUT2D eigenvalue weighted by molar-refractivity contribution is 0.189. The lowest BCUT2D eigenvalue weighted by Gasteiger charge is -2.36. The van der Waals surface area contributed by atoms with Gasteiger partial charge in [0.2, 0.25) is 0 Å². The highest BCUT2D eigenvalue weighted by atomic mass is 15.2. The van der Waals surface area contributed by atoms with Gasteiger partial charge in [0.05, 0.1) is 18.4 Å². The van der Waals surface area contributed by atoms with Gasteiger partial charge in [-0.05, 0) is 45.0 Å². The Hall–Kier alpha value is -3.26. The number of para-hydroxylation sites is 1. The summed E-state index contributed by atoms with van der Waals surface area (Å²) in [6, 6.07) is 9.13. The number of aryl methyl sites for hydroxylation is 1. The second-order valence-corrected chi connectivity index (χ2v) is 8.93. The summed E-state index contributed by atoms with van der Waals surface area (Å²) in [5.74, 6) is 1.41. The first-order valence-electron chi connectivity index (χ1n) is 11.2. The van der Waals surface area contributed by atoms with Crippen molar-refractivity contribution in [3.8, 4) is 0 Å². The molecule has 3 aromatic heterocycles. The summed E-state index contributed by atoms with van der Waals surface area (Å²) < 4.78 is 2.02. The monoisotopic (exact) mass is 430 g/mol. The number of likely N-dealkylation sites (tertiary alicyclic amines) is 1. The maximum absolute atomic E-state index is 6.00. The molecule has 0 amide bonds. The van der Waals surface area contributed by atoms with Crippen molar-refractivity contribution in [1.82, 2.24) is 29.4 Å². The van der Waals surface area contributed by atoms with Crippen molar-refractivity contribution in [1.29, 1.82) is 0 Å². The first-order valence-corrected chi connectivity index (χ1v) is 11.2. The predicted molar refractivity (Wildman–Crippen MR) is 129 cm³/mol. The average Bonchev–Trinajstić information content (AvgIpc) is 3.19. The molecule has 2 N–H and O–H groups in total. The minimum atomic E-state index is 0.402. The van der Waals surface area contributed by atoms with E-state index in [0.717, 1.165) is 41.0 Å². The van der Waals surface area contributed by atoms with Crippen LogP contribution in [0.1, 0.15) is 30.4 Å². The zero-order valence-corrected chi connectivity index (χ0v) is 19.0. The summed E-state index contributed by atoms with van der Waals surface area (Å²) in [6.07, 6.45) is 7.08. The van der Waals surface area contributed by atoms with Crippen molar-refractivity contribution in [3.63, 3.8) is 0 Å². The molecule has 1 aliphatic rings. The Morgan fingerprint density at radius 3 is 2.88 bits per heavy atom. The van der Waals surface area contributed by atoms with E-state index in [9.17, 15) is 0 Å². The molecular weight excluding hydrogens is 400 g/mol. The number of rotatable bonds is 5. The van der Waals surface area contributed by atoms with Gasteiger partial charge in [-0.15, -0.1) is 0 Å². The van der Waals surface area contributed by atoms with Crippen molar-refractivity contribution in [2.75, 3.05) is 37.8 Å². The van der Waals surface area contributed by atoms with Gasteiger partial charge in [0.1, 0.15) is 17.7 Å². The van der Waals surface area contributed by atoms with Crippen LogP contribution in [0.25, 0.3) is 22.1 Å². The Morgan fingerprint density at radius 2 is 2.03 bits per heavy atom. The van der Waals surface area contributed by atoms with Gasteiger partial charge >= 0.3 is 0 Å². The second-order valence-electron chi connectivity index (χ2n) is 8.93. The first kappa shape index (κ1) is 20.6. The second kappa shape index (κ2) is 8.35. The molecule has 4 aromatic rings. The average molecular weight is 431 g/mol. The largest absolute Gasteiger partial charge is 0.382 e. The summed E-state index contributed by atoms with van der Waals surface area (Å²) in [4.78, 5) is 22.9. The number of anilines is 2. The number of hydrogen-bond acceptors (Lipinski definition) is 7. The molecule has 1 atom stereocenters. The fourth-order valence-electron chi connectivity index (χ4n) is 4.80. The minimum absolute atomic E-state index is 0.402. The van der Waals surface area contributed by atoms with E-state index in [-0.39, 0.29) is 0 Å². The quantitative estimate of drug-likeness (QED) is 0.520. The number of fused-ring (bicyclic) bond motifs is 2. The predicted octanol–water partition coefficient (Wildman–Crippen LogP) is 3.23. The molecule has 8 nitrogen and oxygen atoms in total. The van der Waals surface area contributed by atoms with Gasteiger partial charge in [0, 0.05) is 30.6 Å². The standard InChI is InChI=1S/C24H30N8/c1-16-7-6-8-17-11-18(12-32-15-28-21-22(25)26-14-27-24(21)32)23(29-20(16)17)31(3)13-19-9-4-5-10-30(19)2/h6-8,11,14-15,19H,4-5,9-10,12-13H2,1-3H3,(H2,25,26,27). The van der Waals surface area contributed by atoms with Crippen molar-refractivity contribution < 1.29 is 0 Å². The molecule has 0 bridgehead atoms. The fourth-order valence-corrected chi connectivity index (χ4v) is 4.80. The highest BCUT2D eigenvalue weighted by Gasteiger charge is 2.23. The van der Waals surface area contributed by atoms with Crippen LogP contribution in [0, 0.1) is 6.92 Å². The van der Waals surface area contributed by atoms with Crippen LogP contribution in [0.2, 0.25) is 0 Å². The maximum atomic E-state index is 6.00. The molecule has 4 heterocycles. The number of hydrogen-bond donors (Lipinski definition) is 1. The number of pyridine rings is 1. The Bertz CT molecular complexity index is 1260. The number of imidazole rings is 1. The van der Waals surface area contributed by atoms with E-state index in [2.05, 4.69) is 70.0 Å². The van der Waals surface area contributed by atoms with Gasteiger partial charge in [-0.3, -0.25) is 0 Å². The molecule has 1 unspecified atom stereocenters. The van der Waals surface area contributed by atoms with Gasteiger partial charge in [-0.25, -0.2) is 19.9 Å². The summed E-state index contributed by atoms with van der Waals surface area (Å²) >= 11 is 0. The third-order valence-electron chi connectivity index (χ3n) is 6.64. The number of aromatic nitrogens is 5. The summed E-state index contributed by atoms with van der Waals surface area (Å²) in [5.41, 5.74) is 10.7. The van der Waals surface area contributed by atoms with E-state index >= 15 is 0 Å². The lowest BCUT2D eigenvalue weighted by atomic mass is 10.0. The van der Waals surface area contributed by atoms with Crippen LogP contribution in [0.3, 0.4) is 0 Å². The molecule has 1 aromatic carbocycles. The van der Waals surface area contributed by atoms with Gasteiger partial charge < -0.3 is 20.1 Å². The number of nitrogens with two attached hydrogens (primary N) is 1. The molecule has 5 rings (SSSR count). The van der Waals surface area contributed by atoms with Gasteiger partial charge in [-0.2, -0.15) is 0 Å². The van der Waals surface area contributed by atoms with Gasteiger partial charge in [0.25, 0.3) is 0 Å². The Morgan fingerprint density at radius 1 is 1.16 bits per heavy atom. The zero-order chi connectivity index (χ0) is 22.2. The maximum Gasteiger partial charge on any atom is 0.165 e. The number of benzene rings is 1. The zero-order valence-electron chi connectivity index (χ0n) is 19.0. The molecular formula is C24H30N8. The highest BCUT2D eigenvalue weighted by Crippen LogP contribution is 2.28. The van der Waals surface area contributed by atoms with Crippen molar-refractivity contribution in [2.45, 2.75) is 38.8 Å². The number of likely N-dealkylation sites (N-methyl/N-ethyl adjacent to an activating group) is 2. The van der Waals surface area contributed by atoms with Crippen LogP contribution < -0.4 is 10.6 Å². The van der Waals surface area contributed by atoms with Gasteiger partial charge in [0.15, 0.2) is 11.5 Å². The highest BCUT2D eigenvalue weighted by molar-refractivity contribution is 5.85. The number of nitrogens with zero attached hydrogens (tertiary/aromatic N) is 7. The van der Waals surface area contributed by atoms with Crippen LogP contribution in [-0.4, -0.2) is 62.6 Å². The molecule has 0 spiro atoms. The molecule has 0 saturated carbocycles. The molecule has 0 radical (unpaired) electrons. The lowest BCUT2D eigenvalue weighted by Crippen LogP contribution is -2.44. The van der Waals surface area contributed by atoms with E-state index in [0.29, 0.717) is 23.9 Å². The summed E-state index contributed by atoms with van der Waals surface area (Å²) in [6.45, 7) is 4.85. The van der Waals surface area contributed by atoms with Crippen LogP contribution >= 0.6 is 0 Å². The third kappa shape index (κ3) is 3.75. The molecule has 1 aliphatic heterocycles. The molecule has 8 heteroatoms. The van der Waals surface area contributed by atoms with Crippen LogP contribution in [-0.2, 0) is 6.54 Å². The Balaban J connectivity index is 1.56. The fraction of sp³-hybridized carbons (Fsp3) is 0.417. The van der Waals surface area contributed by atoms with Crippen molar-refractivity contribution in [3.05, 3.63) is 48.0 Å². The van der Waals surface area contributed by atoms with E-state index < -0.39 is 0 Å². The smallest absolute Gasteiger partial charge is 0.165 e. The molecule has 1 saturated heterocycles. The molecule has 0 aliphatic carbocycles.